The van der Waals surface area contributed by atoms with Crippen LogP contribution < -0.4 is 15.4 Å². The Bertz CT molecular complexity index is 528. The van der Waals surface area contributed by atoms with E-state index in [4.69, 9.17) is 16.3 Å². The lowest BCUT2D eigenvalue weighted by Crippen LogP contribution is -2.34. The summed E-state index contributed by atoms with van der Waals surface area (Å²) in [4.78, 5) is 12.3. The molecule has 1 amide bonds. The number of hydrogen-bond acceptors (Lipinski definition) is 3. The zero-order valence-corrected chi connectivity index (χ0v) is 14.3. The number of rotatable bonds is 5. The van der Waals surface area contributed by atoms with Gasteiger partial charge in [0.05, 0.1) is 12.8 Å². The first kappa shape index (κ1) is 17.1. The van der Waals surface area contributed by atoms with Gasteiger partial charge < -0.3 is 15.4 Å². The van der Waals surface area contributed by atoms with Crippen LogP contribution in [0.1, 0.15) is 31.7 Å². The molecule has 1 aliphatic rings. The minimum Gasteiger partial charge on any atom is -0.495 e. The Morgan fingerprint density at radius 3 is 2.95 bits per heavy atom. The van der Waals surface area contributed by atoms with E-state index in [0.717, 1.165) is 18.7 Å². The van der Waals surface area contributed by atoms with Crippen LogP contribution in [0.4, 0.5) is 5.69 Å². The van der Waals surface area contributed by atoms with Crippen LogP contribution in [0.5, 0.6) is 5.75 Å². The van der Waals surface area contributed by atoms with E-state index in [1.807, 2.05) is 13.0 Å². The van der Waals surface area contributed by atoms with Crippen LogP contribution in [0.2, 0.25) is 5.02 Å². The van der Waals surface area contributed by atoms with Crippen molar-refractivity contribution in [1.82, 2.24) is 5.32 Å². The lowest BCUT2D eigenvalue weighted by atomic mass is 9.85. The number of piperidine rings is 1. The summed E-state index contributed by atoms with van der Waals surface area (Å²) in [5, 5.41) is 7.00. The van der Waals surface area contributed by atoms with Gasteiger partial charge in [0.1, 0.15) is 5.75 Å². The highest BCUT2D eigenvalue weighted by atomic mass is 35.5. The Morgan fingerprint density at radius 1 is 1.55 bits per heavy atom. The molecule has 0 spiro atoms. The zero-order valence-electron chi connectivity index (χ0n) is 13.5. The van der Waals surface area contributed by atoms with Gasteiger partial charge in [-0.25, -0.2) is 0 Å². The number of hydrogen-bond donors (Lipinski definition) is 2. The van der Waals surface area contributed by atoms with Crippen LogP contribution in [-0.2, 0) is 4.79 Å². The Morgan fingerprint density at radius 2 is 2.32 bits per heavy atom. The van der Waals surface area contributed by atoms with Crippen LogP contribution in [0, 0.1) is 18.8 Å². The van der Waals surface area contributed by atoms with Crippen LogP contribution in [0.25, 0.3) is 0 Å². The molecule has 1 aromatic rings. The largest absolute Gasteiger partial charge is 0.495 e. The van der Waals surface area contributed by atoms with Crippen LogP contribution >= 0.6 is 11.6 Å². The summed E-state index contributed by atoms with van der Waals surface area (Å²) < 4.78 is 5.29. The molecule has 1 saturated heterocycles. The Labute approximate surface area is 137 Å². The molecule has 1 heterocycles. The fourth-order valence-corrected chi connectivity index (χ4v) is 3.11. The predicted molar refractivity (Wildman–Crippen MR) is 90.7 cm³/mol. The van der Waals surface area contributed by atoms with E-state index in [-0.39, 0.29) is 5.91 Å². The van der Waals surface area contributed by atoms with E-state index in [1.54, 1.807) is 13.2 Å². The fraction of sp³-hybridized carbons (Fsp3) is 0.588. The zero-order chi connectivity index (χ0) is 16.1. The third-order valence-electron chi connectivity index (χ3n) is 4.40. The summed E-state index contributed by atoms with van der Waals surface area (Å²) in [6.45, 7) is 6.17. The number of benzene rings is 1. The molecule has 1 aromatic carbocycles. The number of halogens is 1. The third kappa shape index (κ3) is 4.37. The molecule has 122 valence electrons. The number of ether oxygens (including phenoxy) is 1. The highest BCUT2D eigenvalue weighted by molar-refractivity contribution is 6.31. The number of carbonyl (C=O) groups excluding carboxylic acids is 1. The highest BCUT2D eigenvalue weighted by Gasteiger charge is 2.22. The summed E-state index contributed by atoms with van der Waals surface area (Å²) >= 11 is 6.09. The monoisotopic (exact) mass is 324 g/mol. The second kappa shape index (κ2) is 7.84. The van der Waals surface area contributed by atoms with Crippen molar-refractivity contribution in [2.75, 3.05) is 25.5 Å². The van der Waals surface area contributed by atoms with Gasteiger partial charge in [-0.2, -0.15) is 0 Å². The van der Waals surface area contributed by atoms with Gasteiger partial charge in [0, 0.05) is 17.5 Å². The van der Waals surface area contributed by atoms with E-state index in [2.05, 4.69) is 17.6 Å². The molecule has 5 heteroatoms. The average Bonchev–Trinajstić information content (AvgIpc) is 2.51. The summed E-state index contributed by atoms with van der Waals surface area (Å²) in [5.41, 5.74) is 1.60. The molecule has 2 atom stereocenters. The second-order valence-electron chi connectivity index (χ2n) is 6.14. The molecule has 2 rings (SSSR count). The van der Waals surface area contributed by atoms with Crippen molar-refractivity contribution in [2.24, 2.45) is 11.8 Å². The van der Waals surface area contributed by atoms with Gasteiger partial charge in [-0.15, -0.1) is 0 Å². The van der Waals surface area contributed by atoms with Crippen molar-refractivity contribution >= 4 is 23.2 Å². The van der Waals surface area contributed by atoms with Crippen molar-refractivity contribution in [2.45, 2.75) is 33.1 Å². The molecule has 4 nitrogen and oxygen atoms in total. The van der Waals surface area contributed by atoms with Gasteiger partial charge >= 0.3 is 0 Å². The highest BCUT2D eigenvalue weighted by Crippen LogP contribution is 2.31. The van der Waals surface area contributed by atoms with Crippen molar-refractivity contribution in [1.29, 1.82) is 0 Å². The number of anilines is 1. The smallest absolute Gasteiger partial charge is 0.224 e. The molecule has 0 aromatic heterocycles. The number of carbonyl (C=O) groups is 1. The standard InChI is InChI=1S/C17H25ClN2O2/c1-11(13-5-4-6-19-10-13)8-17(21)20-15-7-12(2)14(18)9-16(15)22-3/h7,9,11,13,19H,4-6,8,10H2,1-3H3,(H,20,21). The van der Waals surface area contributed by atoms with E-state index in [9.17, 15) is 4.79 Å². The quantitative estimate of drug-likeness (QED) is 0.869. The van der Waals surface area contributed by atoms with Crippen LogP contribution in [0.15, 0.2) is 12.1 Å². The minimum absolute atomic E-state index is 0.0260. The summed E-state index contributed by atoms with van der Waals surface area (Å²) in [7, 11) is 1.58. The molecule has 1 aliphatic heterocycles. The summed E-state index contributed by atoms with van der Waals surface area (Å²) in [6.07, 6.45) is 2.92. The molecule has 0 bridgehead atoms. The minimum atomic E-state index is 0.0260. The van der Waals surface area contributed by atoms with E-state index in [0.29, 0.717) is 34.7 Å². The molecule has 0 radical (unpaired) electrons. The maximum atomic E-state index is 12.3. The van der Waals surface area contributed by atoms with Gasteiger partial charge in [0.15, 0.2) is 0 Å². The average molecular weight is 325 g/mol. The molecular weight excluding hydrogens is 300 g/mol. The van der Waals surface area contributed by atoms with E-state index in [1.165, 1.54) is 12.8 Å². The van der Waals surface area contributed by atoms with Gasteiger partial charge in [0.2, 0.25) is 5.91 Å². The number of aryl methyl sites for hydroxylation is 1. The Hall–Kier alpha value is -1.26. The molecular formula is C17H25ClN2O2. The maximum absolute atomic E-state index is 12.3. The van der Waals surface area contributed by atoms with Gasteiger partial charge in [-0.3, -0.25) is 4.79 Å². The van der Waals surface area contributed by atoms with Gasteiger partial charge in [0.25, 0.3) is 0 Å². The summed E-state index contributed by atoms with van der Waals surface area (Å²) in [6, 6.07) is 3.59. The molecule has 2 unspecified atom stereocenters. The lowest BCUT2D eigenvalue weighted by Gasteiger charge is -2.28. The lowest BCUT2D eigenvalue weighted by molar-refractivity contribution is -0.117. The number of amides is 1. The first-order valence-corrected chi connectivity index (χ1v) is 8.23. The molecule has 22 heavy (non-hydrogen) atoms. The molecule has 0 aliphatic carbocycles. The second-order valence-corrected chi connectivity index (χ2v) is 6.54. The molecule has 2 N–H and O–H groups in total. The van der Waals surface area contributed by atoms with Crippen molar-refractivity contribution in [3.8, 4) is 5.75 Å². The Balaban J connectivity index is 1.98. The van der Waals surface area contributed by atoms with Crippen molar-refractivity contribution in [3.05, 3.63) is 22.7 Å². The third-order valence-corrected chi connectivity index (χ3v) is 4.81. The van der Waals surface area contributed by atoms with Crippen molar-refractivity contribution in [3.63, 3.8) is 0 Å². The Kier molecular flexibility index (Phi) is 6.09. The first-order valence-electron chi connectivity index (χ1n) is 7.86. The van der Waals surface area contributed by atoms with E-state index >= 15 is 0 Å². The first-order chi connectivity index (χ1) is 10.5. The molecule has 1 fully saturated rings. The molecule has 0 saturated carbocycles. The van der Waals surface area contributed by atoms with Gasteiger partial charge in [-0.05, 0) is 56.3 Å². The maximum Gasteiger partial charge on any atom is 0.224 e. The van der Waals surface area contributed by atoms with Gasteiger partial charge in [-0.1, -0.05) is 18.5 Å². The predicted octanol–water partition coefficient (Wildman–Crippen LogP) is 3.62. The number of methoxy groups -OCH3 is 1. The normalized spacial score (nSPS) is 19.5. The van der Waals surface area contributed by atoms with Crippen molar-refractivity contribution < 1.29 is 9.53 Å². The SMILES string of the molecule is COc1cc(Cl)c(C)cc1NC(=O)CC(C)C1CCCNC1. The van der Waals surface area contributed by atoms with Crippen LogP contribution in [-0.4, -0.2) is 26.1 Å². The fourth-order valence-electron chi connectivity index (χ4n) is 2.95. The summed E-state index contributed by atoms with van der Waals surface area (Å²) in [5.74, 6) is 1.56. The van der Waals surface area contributed by atoms with Crippen LogP contribution in [0.3, 0.4) is 0 Å². The number of nitrogens with one attached hydrogen (secondary N) is 2. The van der Waals surface area contributed by atoms with E-state index < -0.39 is 0 Å². The topological polar surface area (TPSA) is 50.4 Å².